The molecule has 1 amide bonds. The van der Waals surface area contributed by atoms with Gasteiger partial charge in [0.25, 0.3) is 0 Å². The summed E-state index contributed by atoms with van der Waals surface area (Å²) in [5, 5.41) is 54.4. The van der Waals surface area contributed by atoms with E-state index in [1.165, 1.54) is 167 Å². The van der Waals surface area contributed by atoms with Gasteiger partial charge in [-0.15, -0.1) is 0 Å². The highest BCUT2D eigenvalue weighted by Crippen LogP contribution is 2.23. The van der Waals surface area contributed by atoms with Crippen molar-refractivity contribution in [1.29, 1.82) is 0 Å². The lowest BCUT2D eigenvalue weighted by atomic mass is 9.99. The summed E-state index contributed by atoms with van der Waals surface area (Å²) >= 11 is 0. The van der Waals surface area contributed by atoms with Gasteiger partial charge < -0.3 is 40.3 Å². The van der Waals surface area contributed by atoms with E-state index >= 15 is 0 Å². The van der Waals surface area contributed by atoms with E-state index in [0.29, 0.717) is 6.42 Å². The first-order chi connectivity index (χ1) is 32.3. The molecule has 9 nitrogen and oxygen atoms in total. The van der Waals surface area contributed by atoms with Crippen molar-refractivity contribution in [1.82, 2.24) is 5.32 Å². The normalized spacial score (nSPS) is 20.3. The molecule has 0 radical (unpaired) electrons. The van der Waals surface area contributed by atoms with Crippen LogP contribution in [0.1, 0.15) is 239 Å². The van der Waals surface area contributed by atoms with Gasteiger partial charge in [0, 0.05) is 6.42 Å². The highest BCUT2D eigenvalue weighted by Gasteiger charge is 2.44. The molecule has 66 heavy (non-hydrogen) atoms. The summed E-state index contributed by atoms with van der Waals surface area (Å²) in [6, 6.07) is -0.831. The molecule has 384 valence electrons. The molecular formula is C57H103NO8. The first kappa shape index (κ1) is 61.9. The predicted octanol–water partition coefficient (Wildman–Crippen LogP) is 13.1. The van der Waals surface area contributed by atoms with E-state index in [0.717, 1.165) is 51.4 Å². The van der Waals surface area contributed by atoms with Gasteiger partial charge in [0.15, 0.2) is 6.29 Å². The van der Waals surface area contributed by atoms with Crippen molar-refractivity contribution in [2.24, 2.45) is 0 Å². The summed E-state index contributed by atoms with van der Waals surface area (Å²) < 4.78 is 11.2. The van der Waals surface area contributed by atoms with E-state index in [2.05, 4.69) is 67.8 Å². The van der Waals surface area contributed by atoms with Gasteiger partial charge in [-0.3, -0.25) is 4.79 Å². The summed E-state index contributed by atoms with van der Waals surface area (Å²) in [5.41, 5.74) is 0. The molecule has 6 N–H and O–H groups in total. The quantitative estimate of drug-likeness (QED) is 0.0261. The van der Waals surface area contributed by atoms with Gasteiger partial charge in [-0.05, 0) is 77.0 Å². The van der Waals surface area contributed by atoms with Crippen molar-refractivity contribution in [3.8, 4) is 0 Å². The van der Waals surface area contributed by atoms with Gasteiger partial charge in [-0.2, -0.15) is 0 Å². The molecule has 0 bridgehead atoms. The fraction of sp³-hybridized carbons (Fsp3) is 0.807. The second-order valence-corrected chi connectivity index (χ2v) is 19.0. The Morgan fingerprint density at radius 3 is 1.36 bits per heavy atom. The largest absolute Gasteiger partial charge is 0.394 e. The number of aliphatic hydroxyl groups is 5. The van der Waals surface area contributed by atoms with Gasteiger partial charge in [0.1, 0.15) is 24.4 Å². The maximum absolute atomic E-state index is 13.0. The molecule has 1 aliphatic rings. The number of ether oxygens (including phenoxy) is 2. The van der Waals surface area contributed by atoms with Crippen LogP contribution in [0.2, 0.25) is 0 Å². The number of allylic oxidation sites excluding steroid dienone is 9. The van der Waals surface area contributed by atoms with Gasteiger partial charge in [-0.1, -0.05) is 216 Å². The summed E-state index contributed by atoms with van der Waals surface area (Å²) in [7, 11) is 0. The Morgan fingerprint density at radius 2 is 0.909 bits per heavy atom. The second-order valence-electron chi connectivity index (χ2n) is 19.0. The standard InChI is InChI=1S/C57H103NO8/c1-3-5-7-9-11-13-15-17-19-21-23-25-26-27-29-31-33-35-37-39-41-43-45-47-53(61)58-50(49-65-57-56(64)55(63)54(62)52(48-59)66-57)51(60)46-44-42-40-38-36-34-32-30-28-24-22-20-18-16-14-12-10-8-6-4-2/h15,17,21,23,28,30,36,38,44,46,50-52,54-57,59-60,62-64H,3-14,16,18-20,22,24-27,29,31-35,37,39-43,45,47-49H2,1-2H3,(H,58,61)/b17-15-,23-21-,30-28+,38-36+,46-44+. The maximum atomic E-state index is 13.0. The lowest BCUT2D eigenvalue weighted by Gasteiger charge is -2.40. The van der Waals surface area contributed by atoms with Crippen molar-refractivity contribution in [3.05, 3.63) is 60.8 Å². The van der Waals surface area contributed by atoms with Crippen LogP contribution >= 0.6 is 0 Å². The first-order valence-corrected chi connectivity index (χ1v) is 27.5. The number of carbonyl (C=O) groups excluding carboxylic acids is 1. The number of unbranched alkanes of at least 4 members (excludes halogenated alkanes) is 28. The molecule has 0 aromatic carbocycles. The smallest absolute Gasteiger partial charge is 0.220 e. The topological polar surface area (TPSA) is 149 Å². The number of aliphatic hydroxyl groups excluding tert-OH is 5. The van der Waals surface area contributed by atoms with E-state index in [-0.39, 0.29) is 12.5 Å². The Hall–Kier alpha value is -2.11. The Kier molecular flexibility index (Phi) is 43.7. The third kappa shape index (κ3) is 36.0. The van der Waals surface area contributed by atoms with Crippen molar-refractivity contribution in [2.45, 2.75) is 281 Å². The van der Waals surface area contributed by atoms with Crippen molar-refractivity contribution in [2.75, 3.05) is 13.2 Å². The van der Waals surface area contributed by atoms with Crippen LogP contribution in [0.15, 0.2) is 60.8 Å². The third-order valence-corrected chi connectivity index (χ3v) is 12.8. The minimum absolute atomic E-state index is 0.193. The zero-order valence-corrected chi connectivity index (χ0v) is 42.4. The molecule has 7 atom stereocenters. The number of nitrogens with one attached hydrogen (secondary N) is 1. The van der Waals surface area contributed by atoms with Gasteiger partial charge >= 0.3 is 0 Å². The highest BCUT2D eigenvalue weighted by atomic mass is 16.7. The lowest BCUT2D eigenvalue weighted by molar-refractivity contribution is -0.302. The molecule has 0 aromatic heterocycles. The van der Waals surface area contributed by atoms with Crippen LogP contribution in [0.25, 0.3) is 0 Å². The highest BCUT2D eigenvalue weighted by molar-refractivity contribution is 5.76. The van der Waals surface area contributed by atoms with Crippen LogP contribution in [0.4, 0.5) is 0 Å². The van der Waals surface area contributed by atoms with E-state index in [9.17, 15) is 30.3 Å². The van der Waals surface area contributed by atoms with Crippen LogP contribution in [0.3, 0.4) is 0 Å². The summed E-state index contributed by atoms with van der Waals surface area (Å²) in [6.45, 7) is 3.75. The Balaban J connectivity index is 2.30. The van der Waals surface area contributed by atoms with Gasteiger partial charge in [-0.25, -0.2) is 0 Å². The van der Waals surface area contributed by atoms with E-state index in [4.69, 9.17) is 9.47 Å². The number of amides is 1. The summed E-state index contributed by atoms with van der Waals surface area (Å²) in [6.07, 6.45) is 55.6. The van der Waals surface area contributed by atoms with Crippen LogP contribution in [0.5, 0.6) is 0 Å². The molecule has 0 saturated carbocycles. The van der Waals surface area contributed by atoms with E-state index in [1.54, 1.807) is 6.08 Å². The predicted molar refractivity (Wildman–Crippen MR) is 276 cm³/mol. The summed E-state index contributed by atoms with van der Waals surface area (Å²) in [5.74, 6) is -0.193. The fourth-order valence-electron chi connectivity index (χ4n) is 8.40. The molecule has 0 aromatic rings. The average Bonchev–Trinajstić information content (AvgIpc) is 3.32. The van der Waals surface area contributed by atoms with Gasteiger partial charge in [0.2, 0.25) is 5.91 Å². The Labute approximate surface area is 405 Å². The zero-order chi connectivity index (χ0) is 48.0. The van der Waals surface area contributed by atoms with Crippen molar-refractivity contribution < 1.29 is 39.8 Å². The van der Waals surface area contributed by atoms with E-state index < -0.39 is 49.5 Å². The number of rotatable bonds is 46. The molecule has 1 rings (SSSR count). The Morgan fingerprint density at radius 1 is 0.515 bits per heavy atom. The molecule has 1 heterocycles. The average molecular weight is 930 g/mol. The number of carbonyl (C=O) groups is 1. The zero-order valence-electron chi connectivity index (χ0n) is 42.4. The molecule has 7 unspecified atom stereocenters. The van der Waals surface area contributed by atoms with Crippen molar-refractivity contribution >= 4 is 5.91 Å². The molecule has 9 heteroatoms. The summed E-state index contributed by atoms with van der Waals surface area (Å²) in [4.78, 5) is 13.0. The molecular weight excluding hydrogens is 827 g/mol. The molecule has 1 saturated heterocycles. The molecule has 1 aliphatic heterocycles. The van der Waals surface area contributed by atoms with Crippen LogP contribution < -0.4 is 5.32 Å². The minimum atomic E-state index is -1.58. The van der Waals surface area contributed by atoms with Crippen LogP contribution in [-0.4, -0.2) is 87.5 Å². The third-order valence-electron chi connectivity index (χ3n) is 12.8. The maximum Gasteiger partial charge on any atom is 0.220 e. The van der Waals surface area contributed by atoms with E-state index in [1.807, 2.05) is 6.08 Å². The molecule has 0 aliphatic carbocycles. The van der Waals surface area contributed by atoms with Crippen LogP contribution in [-0.2, 0) is 14.3 Å². The van der Waals surface area contributed by atoms with Crippen LogP contribution in [0, 0.1) is 0 Å². The second kappa shape index (κ2) is 46.6. The molecule has 1 fully saturated rings. The van der Waals surface area contributed by atoms with Crippen molar-refractivity contribution in [3.63, 3.8) is 0 Å². The number of hydrogen-bond donors (Lipinski definition) is 6. The minimum Gasteiger partial charge on any atom is -0.394 e. The number of hydrogen-bond acceptors (Lipinski definition) is 8. The SMILES string of the molecule is CCCCCCC/C=C\C/C=C\CCCCCCCCCCCCCC(=O)NC(COC1OC(CO)C(O)C(O)C1O)C(O)/C=C/CC/C=C/CC/C=C/CCCCCCCCCCCC. The Bertz CT molecular complexity index is 1220. The first-order valence-electron chi connectivity index (χ1n) is 27.5. The fourth-order valence-corrected chi connectivity index (χ4v) is 8.40. The molecule has 0 spiro atoms. The monoisotopic (exact) mass is 930 g/mol. The van der Waals surface area contributed by atoms with Gasteiger partial charge in [0.05, 0.1) is 25.4 Å². The lowest BCUT2D eigenvalue weighted by Crippen LogP contribution is -2.60.